The molecule has 0 amide bonds. The number of rotatable bonds is 5. The molecule has 0 atom stereocenters. The summed E-state index contributed by atoms with van der Waals surface area (Å²) in [6.07, 6.45) is 12.9. The quantitative estimate of drug-likeness (QED) is 0.113. The molecule has 4 nitrogen and oxygen atoms in total. The van der Waals surface area contributed by atoms with Crippen LogP contribution in [0.2, 0.25) is 0 Å². The minimum absolute atomic E-state index is 0. The molecule has 0 bridgehead atoms. The fraction of sp³-hybridized carbons (Fsp3) is 0. The van der Waals surface area contributed by atoms with E-state index in [1.807, 2.05) is 109 Å². The van der Waals surface area contributed by atoms with E-state index in [-0.39, 0.29) is 60.9 Å². The summed E-state index contributed by atoms with van der Waals surface area (Å²) in [6, 6.07) is 39.1. The number of aliphatic hydroxyl groups is 1. The number of carbonyl (C=O) groups excluding carboxylic acids is 1. The summed E-state index contributed by atoms with van der Waals surface area (Å²) in [5, 5.41) is 21.4. The number of hydrogen-bond acceptors (Lipinski definition) is 2. The summed E-state index contributed by atoms with van der Waals surface area (Å²) in [4.78, 5) is 12.5. The number of carbonyl (C=O) groups is 1. The molecule has 2 heterocycles. The number of benzene rings is 5. The monoisotopic (exact) mass is 709 g/mol. The van der Waals surface area contributed by atoms with Gasteiger partial charge in [-0.05, 0) is 32.7 Å². The van der Waals surface area contributed by atoms with Crippen LogP contribution in [0.5, 0.6) is 0 Å². The van der Waals surface area contributed by atoms with Gasteiger partial charge in [-0.1, -0.05) is 146 Å². The van der Waals surface area contributed by atoms with Crippen LogP contribution < -0.4 is 10.4 Å². The van der Waals surface area contributed by atoms with Gasteiger partial charge < -0.3 is 15.7 Å². The fourth-order valence-electron chi connectivity index (χ4n) is 4.89. The van der Waals surface area contributed by atoms with Crippen molar-refractivity contribution in [2.45, 2.75) is 0 Å². The smallest absolute Gasteiger partial charge is 0.665 e. The first-order valence-electron chi connectivity index (χ1n) is 14.0. The zero-order valence-corrected chi connectivity index (χ0v) is 26.1. The third-order valence-corrected chi connectivity index (χ3v) is 7.18. The topological polar surface area (TPSA) is 65.5 Å². The Morgan fingerprint density at radius 1 is 0.523 bits per heavy atom. The van der Waals surface area contributed by atoms with Gasteiger partial charge in [-0.15, -0.1) is 11.4 Å². The van der Waals surface area contributed by atoms with E-state index in [2.05, 4.69) is 34.9 Å². The van der Waals surface area contributed by atoms with Gasteiger partial charge in [0.2, 0.25) is 0 Å². The van der Waals surface area contributed by atoms with Gasteiger partial charge >= 0.3 is 49.4 Å². The van der Waals surface area contributed by atoms with Crippen molar-refractivity contribution < 1.29 is 59.3 Å². The van der Waals surface area contributed by atoms with Crippen molar-refractivity contribution in [1.29, 1.82) is 0 Å². The molecular weight excluding hydrogens is 680 g/mol. The van der Waals surface area contributed by atoms with Crippen molar-refractivity contribution in [1.82, 2.24) is 0 Å². The molecule has 0 saturated heterocycles. The molecule has 0 unspecified atom stereocenters. The van der Waals surface area contributed by atoms with Crippen LogP contribution in [0.25, 0.3) is 50.8 Å². The van der Waals surface area contributed by atoms with Crippen LogP contribution in [0, 0.1) is 49.4 Å². The third-order valence-electron chi connectivity index (χ3n) is 7.18. The summed E-state index contributed by atoms with van der Waals surface area (Å²) in [5.74, 6) is -0.268. The van der Waals surface area contributed by atoms with Crippen molar-refractivity contribution in [3.8, 4) is 22.3 Å². The maximum absolute atomic E-state index is 12.5. The molecular formula is C39H28EuN2O2. The van der Waals surface area contributed by atoms with Gasteiger partial charge in [-0.2, -0.15) is 12.4 Å². The van der Waals surface area contributed by atoms with Crippen molar-refractivity contribution in [3.63, 3.8) is 0 Å². The van der Waals surface area contributed by atoms with E-state index < -0.39 is 0 Å². The minimum atomic E-state index is -0.228. The molecule has 0 aliphatic carbocycles. The van der Waals surface area contributed by atoms with Crippen LogP contribution in [0.4, 0.5) is 11.4 Å². The molecule has 213 valence electrons. The van der Waals surface area contributed by atoms with Crippen molar-refractivity contribution in [2.24, 2.45) is 0 Å². The number of ketones is 1. The van der Waals surface area contributed by atoms with Crippen molar-refractivity contribution in [2.75, 3.05) is 0 Å². The fourth-order valence-corrected chi connectivity index (χ4v) is 4.89. The normalized spacial score (nSPS) is 12.3. The van der Waals surface area contributed by atoms with Gasteiger partial charge in [0.25, 0.3) is 0 Å². The van der Waals surface area contributed by atoms with Crippen LogP contribution in [-0.2, 0) is 0 Å². The number of allylic oxidation sites excluding steroid dienone is 3. The zero-order chi connectivity index (χ0) is 29.4. The van der Waals surface area contributed by atoms with E-state index in [1.165, 1.54) is 6.08 Å². The molecule has 7 rings (SSSR count). The molecule has 2 aliphatic rings. The largest absolute Gasteiger partial charge is 2.00 e. The van der Waals surface area contributed by atoms with E-state index in [0.717, 1.165) is 44.1 Å². The SMILES string of the molecule is C1=C[N-]c2c3c(ccc2=C1)=CC=C[N-]3.O=C(/C=C(\O)c1ccc(-c2ccccc2)cc1)c1ccc(-c2ccccc2)cc1.[Eu+2]. The second-order valence-electron chi connectivity index (χ2n) is 10.00. The van der Waals surface area contributed by atoms with Gasteiger partial charge in [0.1, 0.15) is 5.76 Å². The first-order chi connectivity index (χ1) is 21.2. The Morgan fingerprint density at radius 3 is 1.39 bits per heavy atom. The summed E-state index contributed by atoms with van der Waals surface area (Å²) in [6.45, 7) is 0. The maximum Gasteiger partial charge on any atom is 2.00 e. The van der Waals surface area contributed by atoms with Crippen molar-refractivity contribution >= 4 is 35.1 Å². The molecule has 0 saturated carbocycles. The van der Waals surface area contributed by atoms with E-state index in [1.54, 1.807) is 24.5 Å². The summed E-state index contributed by atoms with van der Waals surface area (Å²) in [7, 11) is 0. The van der Waals surface area contributed by atoms with Gasteiger partial charge in [-0.25, -0.2) is 0 Å². The minimum Gasteiger partial charge on any atom is -0.665 e. The maximum atomic E-state index is 12.5. The van der Waals surface area contributed by atoms with Gasteiger partial charge in [0, 0.05) is 17.2 Å². The van der Waals surface area contributed by atoms with Gasteiger partial charge in [-0.3, -0.25) is 4.79 Å². The predicted molar refractivity (Wildman–Crippen MR) is 178 cm³/mol. The molecule has 0 fully saturated rings. The molecule has 5 heteroatoms. The first kappa shape index (κ1) is 31.1. The second-order valence-corrected chi connectivity index (χ2v) is 10.00. The van der Waals surface area contributed by atoms with Crippen LogP contribution >= 0.6 is 0 Å². The molecule has 5 aromatic carbocycles. The van der Waals surface area contributed by atoms with E-state index >= 15 is 0 Å². The summed E-state index contributed by atoms with van der Waals surface area (Å²) in [5.41, 5.74) is 7.42. The second kappa shape index (κ2) is 14.9. The van der Waals surface area contributed by atoms with E-state index in [0.29, 0.717) is 11.1 Å². The zero-order valence-electron chi connectivity index (χ0n) is 23.7. The summed E-state index contributed by atoms with van der Waals surface area (Å²) < 4.78 is 0. The molecule has 44 heavy (non-hydrogen) atoms. The standard InChI is InChI=1S/C27H20O2.C12H8N2.Eu/c28-26(24-15-11-22(12-16-24)20-7-3-1-4-8-20)19-27(29)25-17-13-23(14-18-25)21-9-5-2-6-10-21;1-3-9-5-6-10-4-2-8-14-12(10)11(9)13-7-1;/h1-19,28H;1-8H;/q;-2;+2/b26-19-;;. The average Bonchev–Trinajstić information content (AvgIpc) is 3.09. The average molecular weight is 709 g/mol. The van der Waals surface area contributed by atoms with Crippen LogP contribution in [0.1, 0.15) is 15.9 Å². The van der Waals surface area contributed by atoms with E-state index in [4.69, 9.17) is 0 Å². The van der Waals surface area contributed by atoms with Gasteiger partial charge in [0.05, 0.1) is 0 Å². The molecule has 2 aliphatic heterocycles. The van der Waals surface area contributed by atoms with E-state index in [9.17, 15) is 9.90 Å². The summed E-state index contributed by atoms with van der Waals surface area (Å²) >= 11 is 0. The Hall–Kier alpha value is -4.29. The van der Waals surface area contributed by atoms with Crippen LogP contribution in [0.3, 0.4) is 0 Å². The van der Waals surface area contributed by atoms with Crippen LogP contribution in [0.15, 0.2) is 152 Å². The van der Waals surface area contributed by atoms with Crippen LogP contribution in [-0.4, -0.2) is 10.9 Å². The Balaban J connectivity index is 0.000000213. The Labute approximate surface area is 298 Å². The molecule has 1 N–H and O–H groups in total. The third kappa shape index (κ3) is 7.43. The Bertz CT molecular complexity index is 1910. The number of nitrogens with zero attached hydrogens (tertiary/aromatic N) is 2. The molecule has 0 aromatic heterocycles. The molecule has 1 radical (unpaired) electrons. The molecule has 5 aromatic rings. The Kier molecular flexibility index (Phi) is 10.6. The Morgan fingerprint density at radius 2 is 0.932 bits per heavy atom. The first-order valence-corrected chi connectivity index (χ1v) is 14.0. The molecule has 0 spiro atoms. The number of fused-ring (bicyclic) bond motifs is 3. The predicted octanol–water partition coefficient (Wildman–Crippen LogP) is 9.12. The number of hydrogen-bond donors (Lipinski definition) is 1. The number of aliphatic hydroxyl groups excluding tert-OH is 1. The van der Waals surface area contributed by atoms with Crippen molar-refractivity contribution in [3.05, 3.63) is 184 Å². The van der Waals surface area contributed by atoms with Gasteiger partial charge in [0.15, 0.2) is 5.78 Å².